The van der Waals surface area contributed by atoms with Gasteiger partial charge in [-0.3, -0.25) is 23.2 Å². The maximum Gasteiger partial charge on any atom is 0.481 e. The smallest absolute Gasteiger partial charge is 0.462 e. The van der Waals surface area contributed by atoms with Gasteiger partial charge in [0.05, 0.1) is 31.5 Å². The van der Waals surface area contributed by atoms with E-state index >= 15 is 0 Å². The molecule has 1 aliphatic rings. The number of aliphatic hydroxyl groups is 5. The predicted molar refractivity (Wildman–Crippen MR) is 274 cm³/mol. The number of carbonyl (C=O) groups is 2. The molecular weight excluding hydrogens is 993 g/mol. The molecule has 73 heavy (non-hydrogen) atoms. The molecule has 0 bridgehead atoms. The highest BCUT2D eigenvalue weighted by atomic mass is 31.3. The topological polar surface area (TPSA) is 326 Å². The molecule has 9 N–H and O–H groups in total. The molecule has 412 valence electrons. The molecule has 2 rings (SSSR count). The lowest BCUT2D eigenvalue weighted by molar-refractivity contribution is -0.161. The summed E-state index contributed by atoms with van der Waals surface area (Å²) in [6, 6.07) is 1.22. The van der Waals surface area contributed by atoms with Crippen molar-refractivity contribution in [2.45, 2.75) is 172 Å². The molecule has 23 heteroatoms. The maximum atomic E-state index is 12.8. The first-order valence-corrected chi connectivity index (χ1v) is 27.9. The molecule has 2 unspecified atom stereocenters. The summed E-state index contributed by atoms with van der Waals surface area (Å²) in [5.74, 6) is -1.70. The first-order valence-electron chi connectivity index (χ1n) is 24.9. The molecule has 1 fully saturated rings. The Bertz CT molecular complexity index is 2110. The molecule has 0 amide bonds. The number of esters is 2. The van der Waals surface area contributed by atoms with Crippen LogP contribution < -0.4 is 11.4 Å². The minimum atomic E-state index is -5.51. The van der Waals surface area contributed by atoms with Crippen LogP contribution in [0.1, 0.15) is 129 Å². The molecule has 0 aliphatic carbocycles. The molecule has 21 nitrogen and oxygen atoms in total. The van der Waals surface area contributed by atoms with Crippen LogP contribution >= 0.6 is 15.6 Å². The van der Waals surface area contributed by atoms with Crippen LogP contribution in [-0.4, -0.2) is 119 Å². The highest BCUT2D eigenvalue weighted by Gasteiger charge is 2.46. The fourth-order valence-electron chi connectivity index (χ4n) is 6.76. The highest BCUT2D eigenvalue weighted by Crippen LogP contribution is 2.60. The Balaban J connectivity index is 1.92. The number of aliphatic hydroxyl groups excluding tert-OH is 5. The number of hydrogen-bond acceptors (Lipinski definition) is 18. The van der Waals surface area contributed by atoms with Gasteiger partial charge in [-0.1, -0.05) is 131 Å². The number of aromatic nitrogens is 2. The van der Waals surface area contributed by atoms with Crippen LogP contribution in [0.25, 0.3) is 0 Å². The number of unbranched alkanes of at least 4 members (excludes halogenated alkanes) is 7. The summed E-state index contributed by atoms with van der Waals surface area (Å²) in [6.45, 7) is 1.63. The zero-order chi connectivity index (χ0) is 53.9. The number of ether oxygens (including phenoxy) is 3. The molecule has 1 aromatic rings. The summed E-state index contributed by atoms with van der Waals surface area (Å²) in [5, 5.41) is 51.6. The van der Waals surface area contributed by atoms with E-state index in [2.05, 4.69) is 47.4 Å². The summed E-state index contributed by atoms with van der Waals surface area (Å²) >= 11 is 0. The van der Waals surface area contributed by atoms with E-state index in [-0.39, 0.29) is 31.5 Å². The molecular formula is C50H79N3O18P2. The van der Waals surface area contributed by atoms with E-state index in [9.17, 15) is 58.8 Å². The number of rotatable bonds is 39. The molecule has 2 heterocycles. The van der Waals surface area contributed by atoms with Crippen molar-refractivity contribution in [1.82, 2.24) is 9.55 Å². The van der Waals surface area contributed by atoms with E-state index in [0.29, 0.717) is 25.7 Å². The summed E-state index contributed by atoms with van der Waals surface area (Å²) in [5.41, 5.74) is 4.55. The second-order valence-electron chi connectivity index (χ2n) is 17.2. The van der Waals surface area contributed by atoms with Gasteiger partial charge in [-0.05, 0) is 70.3 Å². The van der Waals surface area contributed by atoms with Gasteiger partial charge in [0.2, 0.25) is 0 Å². The highest BCUT2D eigenvalue weighted by molar-refractivity contribution is 7.61. The van der Waals surface area contributed by atoms with Crippen molar-refractivity contribution in [3.8, 4) is 0 Å². The van der Waals surface area contributed by atoms with Crippen molar-refractivity contribution in [2.75, 3.05) is 25.6 Å². The first kappa shape index (κ1) is 64.9. The number of nitrogens with two attached hydrogens (primary N) is 1. The Labute approximate surface area is 428 Å². The Morgan fingerprint density at radius 2 is 1.34 bits per heavy atom. The van der Waals surface area contributed by atoms with Crippen LogP contribution in [0.15, 0.2) is 102 Å². The van der Waals surface area contributed by atoms with Gasteiger partial charge in [-0.25, -0.2) is 13.9 Å². The number of nitrogens with zero attached hydrogens (tertiary/aromatic N) is 2. The third kappa shape index (κ3) is 30.1. The largest absolute Gasteiger partial charge is 0.481 e. The minimum Gasteiger partial charge on any atom is -0.462 e. The number of phosphoric ester groups is 2. The van der Waals surface area contributed by atoms with Crippen molar-refractivity contribution in [3.05, 3.63) is 108 Å². The normalized spacial score (nSPS) is 21.0. The van der Waals surface area contributed by atoms with Gasteiger partial charge in [0.1, 0.15) is 30.7 Å². The van der Waals surface area contributed by atoms with Gasteiger partial charge in [0.15, 0.2) is 12.3 Å². The molecule has 1 saturated heterocycles. The molecule has 0 spiro atoms. The van der Waals surface area contributed by atoms with Crippen LogP contribution in [0.5, 0.6) is 0 Å². The van der Waals surface area contributed by atoms with Crippen LogP contribution in [0.2, 0.25) is 0 Å². The number of carbonyl (C=O) groups excluding carboxylic acids is 2. The number of hydrogen-bond donors (Lipinski definition) is 8. The second-order valence-corrected chi connectivity index (χ2v) is 20.2. The fraction of sp³-hybridized carbons (Fsp3) is 0.600. The average molecular weight is 1070 g/mol. The van der Waals surface area contributed by atoms with Gasteiger partial charge >= 0.3 is 33.3 Å². The predicted octanol–water partition coefficient (Wildman–Crippen LogP) is 6.80. The second kappa shape index (κ2) is 37.5. The van der Waals surface area contributed by atoms with Crippen LogP contribution in [0, 0.1) is 0 Å². The first-order chi connectivity index (χ1) is 34.9. The van der Waals surface area contributed by atoms with Crippen molar-refractivity contribution in [3.63, 3.8) is 0 Å². The summed E-state index contributed by atoms with van der Waals surface area (Å²) < 4.78 is 56.4. The van der Waals surface area contributed by atoms with E-state index in [1.165, 1.54) is 31.4 Å². The summed E-state index contributed by atoms with van der Waals surface area (Å²) in [4.78, 5) is 61.9. The molecule has 1 aliphatic heterocycles. The third-order valence-electron chi connectivity index (χ3n) is 10.8. The van der Waals surface area contributed by atoms with Gasteiger partial charge in [-0.15, -0.1) is 0 Å². The summed E-state index contributed by atoms with van der Waals surface area (Å²) in [7, 11) is -11.0. The van der Waals surface area contributed by atoms with Crippen molar-refractivity contribution in [1.29, 1.82) is 0 Å². The van der Waals surface area contributed by atoms with Gasteiger partial charge in [-0.2, -0.15) is 9.29 Å². The van der Waals surface area contributed by atoms with Gasteiger partial charge in [0, 0.05) is 19.0 Å². The molecule has 1 aromatic heterocycles. The number of anilines is 1. The number of nitrogen functional groups attached to an aromatic ring is 1. The maximum absolute atomic E-state index is 12.8. The van der Waals surface area contributed by atoms with E-state index in [4.69, 9.17) is 29.0 Å². The lowest BCUT2D eigenvalue weighted by Gasteiger charge is -2.21. The van der Waals surface area contributed by atoms with E-state index < -0.39 is 102 Å². The molecule has 0 saturated carbocycles. The molecule has 10 atom stereocenters. The average Bonchev–Trinajstić information content (AvgIpc) is 3.62. The van der Waals surface area contributed by atoms with Crippen molar-refractivity contribution < 1.29 is 81.6 Å². The zero-order valence-corrected chi connectivity index (χ0v) is 43.8. The van der Waals surface area contributed by atoms with E-state index in [0.717, 1.165) is 49.3 Å². The van der Waals surface area contributed by atoms with Gasteiger partial charge < -0.3 is 55.3 Å². The Morgan fingerprint density at radius 3 is 2.00 bits per heavy atom. The Kier molecular flexibility index (Phi) is 33.4. The fourth-order valence-corrected chi connectivity index (χ4v) is 8.87. The molecule has 0 aromatic carbocycles. The zero-order valence-electron chi connectivity index (χ0n) is 42.0. The van der Waals surface area contributed by atoms with Crippen molar-refractivity contribution in [2.24, 2.45) is 0 Å². The SMILES string of the molecule is CCCCC/C=C\C/C=C\C/C=C\CCCCC(=O)O[C@H](COC(=O)CCC[C@@H](O)[C@H](O)/C=C/C=C/C=C\C=C\[C@H](O)CCCCC)COP(=O)(O)OP(=O)(O)OC[C@H]1O[C@@H](n2ccc(N)nc2=O)[C@H](O)[C@@H]1O. The quantitative estimate of drug-likeness (QED) is 0.0110. The minimum absolute atomic E-state index is 0.00127. The third-order valence-corrected chi connectivity index (χ3v) is 13.4. The van der Waals surface area contributed by atoms with Crippen LogP contribution in [0.4, 0.5) is 5.82 Å². The van der Waals surface area contributed by atoms with E-state index in [1.807, 2.05) is 12.2 Å². The lowest BCUT2D eigenvalue weighted by Crippen LogP contribution is -2.36. The van der Waals surface area contributed by atoms with Crippen LogP contribution in [0.3, 0.4) is 0 Å². The van der Waals surface area contributed by atoms with E-state index in [1.54, 1.807) is 42.5 Å². The van der Waals surface area contributed by atoms with Crippen molar-refractivity contribution >= 4 is 33.4 Å². The number of allylic oxidation sites excluding steroid dienone is 12. The lowest BCUT2D eigenvalue weighted by atomic mass is 10.1. The monoisotopic (exact) mass is 1070 g/mol. The molecule has 0 radical (unpaired) electrons. The standard InChI is InChI=1S/C50H79N3O18P2/c1-3-5-7-8-9-10-11-12-13-14-15-16-17-22-26-32-46(58)69-40(36-66-45(57)33-27-31-42(56)41(55)30-25-21-19-18-20-24-29-39(54)28-23-6-4-2)37-67-72(62,63)71-73(64,65)68-38-43-47(59)48(60)49(70-43)53-35-34-44(51)52-50(53)61/h9-10,12-13,15-16,18-21,24-25,29-30,34-35,39-43,47-49,54-56,59-60H,3-8,11,14,17,22-23,26-28,31-33,36-38H2,1-2H3,(H,62,63)(H,64,65)(H2,51,52,61)/b10-9-,13-12-,16-15-,20-18-,21-19+,29-24+,30-25+/t39-,40-,41-,42-,43-,47-,48-,49-/m1/s1. The Morgan fingerprint density at radius 1 is 0.753 bits per heavy atom. The van der Waals surface area contributed by atoms with Gasteiger partial charge in [0.25, 0.3) is 0 Å². The van der Waals surface area contributed by atoms with Crippen LogP contribution in [-0.2, 0) is 46.3 Å². The summed E-state index contributed by atoms with van der Waals surface area (Å²) in [6.07, 6.45) is 27.4. The number of phosphoric acid groups is 2. The Hall–Kier alpha value is -4.18.